The van der Waals surface area contributed by atoms with Gasteiger partial charge in [0.15, 0.2) is 17.5 Å². The molecule has 0 amide bonds. The lowest BCUT2D eigenvalue weighted by Gasteiger charge is -2.12. The molecule has 5 nitrogen and oxygen atoms in total. The fourth-order valence-corrected chi connectivity index (χ4v) is 7.68. The largest absolute Gasteiger partial charge is 0.456 e. The highest BCUT2D eigenvalue weighted by Crippen LogP contribution is 2.41. The summed E-state index contributed by atoms with van der Waals surface area (Å²) in [7, 11) is 0. The van der Waals surface area contributed by atoms with Crippen molar-refractivity contribution in [1.29, 1.82) is 0 Å². The summed E-state index contributed by atoms with van der Waals surface area (Å²) in [5, 5.41) is 6.46. The van der Waals surface area contributed by atoms with Gasteiger partial charge in [0.25, 0.3) is 0 Å². The van der Waals surface area contributed by atoms with Gasteiger partial charge < -0.3 is 8.83 Å². The molecule has 0 atom stereocenters. The van der Waals surface area contributed by atoms with Gasteiger partial charge in [0.2, 0.25) is 0 Å². The molecule has 0 fully saturated rings. The van der Waals surface area contributed by atoms with Crippen LogP contribution in [0.1, 0.15) is 0 Å². The molecule has 0 aliphatic rings. The van der Waals surface area contributed by atoms with Crippen molar-refractivity contribution in [2.75, 3.05) is 0 Å². The smallest absolute Gasteiger partial charge is 0.167 e. The van der Waals surface area contributed by atoms with Crippen LogP contribution < -0.4 is 0 Å². The normalized spacial score (nSPS) is 11.7. The van der Waals surface area contributed by atoms with Gasteiger partial charge in [0, 0.05) is 32.7 Å². The summed E-state index contributed by atoms with van der Waals surface area (Å²) in [5.74, 6) is 1.65. The Morgan fingerprint density at radius 2 is 0.926 bits per heavy atom. The average molecular weight is 692 g/mol. The summed E-state index contributed by atoms with van der Waals surface area (Å²) >= 11 is 0. The van der Waals surface area contributed by atoms with Gasteiger partial charge in [-0.1, -0.05) is 140 Å². The summed E-state index contributed by atoms with van der Waals surface area (Å²) in [4.78, 5) is 15.7. The highest BCUT2D eigenvalue weighted by atomic mass is 16.3. The third-order valence-corrected chi connectivity index (χ3v) is 10.3. The molecule has 0 N–H and O–H groups in total. The Bertz CT molecular complexity index is 3210. The van der Waals surface area contributed by atoms with E-state index in [2.05, 4.69) is 109 Å². The number of rotatable bonds is 5. The molecule has 3 aromatic heterocycles. The van der Waals surface area contributed by atoms with Crippen molar-refractivity contribution in [2.24, 2.45) is 0 Å². The standard InChI is InChI=1S/C49H29N3O2/c1-2-11-30(12-3-1)36-28-41(45-39-16-7-9-20-43(39)53-44(45)29-36)49-51-47(33-24-21-32(22-25-33)35-26-23-31-13-4-5-14-34(31)27-35)50-48(52-49)40-18-10-17-38-37-15-6-8-19-42(37)54-46(38)40/h1-29H. The molecule has 5 heteroatoms. The van der Waals surface area contributed by atoms with Crippen LogP contribution in [-0.4, -0.2) is 15.0 Å². The van der Waals surface area contributed by atoms with E-state index in [4.69, 9.17) is 23.8 Å². The molecule has 0 spiro atoms. The molecule has 0 unspecified atom stereocenters. The zero-order valence-electron chi connectivity index (χ0n) is 28.9. The molecule has 3 heterocycles. The predicted octanol–water partition coefficient (Wildman–Crippen LogP) is 13.2. The van der Waals surface area contributed by atoms with Gasteiger partial charge in [-0.2, -0.15) is 0 Å². The van der Waals surface area contributed by atoms with Crippen molar-refractivity contribution in [3.8, 4) is 56.4 Å². The van der Waals surface area contributed by atoms with E-state index in [-0.39, 0.29) is 0 Å². The molecule has 0 aliphatic heterocycles. The number of nitrogens with zero attached hydrogens (tertiary/aromatic N) is 3. The van der Waals surface area contributed by atoms with Crippen LogP contribution in [0.2, 0.25) is 0 Å². The molecular formula is C49H29N3O2. The number of para-hydroxylation sites is 3. The second kappa shape index (κ2) is 12.1. The summed E-state index contributed by atoms with van der Waals surface area (Å²) in [6.45, 7) is 0. The van der Waals surface area contributed by atoms with E-state index in [1.54, 1.807) is 0 Å². The van der Waals surface area contributed by atoms with Crippen molar-refractivity contribution in [3.63, 3.8) is 0 Å². The molecule has 11 rings (SSSR count). The molecule has 0 bridgehead atoms. The van der Waals surface area contributed by atoms with Crippen molar-refractivity contribution >= 4 is 54.6 Å². The van der Waals surface area contributed by atoms with Crippen LogP contribution in [0.3, 0.4) is 0 Å². The lowest BCUT2D eigenvalue weighted by atomic mass is 9.98. The third-order valence-electron chi connectivity index (χ3n) is 10.3. The van der Waals surface area contributed by atoms with E-state index >= 15 is 0 Å². The van der Waals surface area contributed by atoms with Gasteiger partial charge in [-0.25, -0.2) is 15.0 Å². The zero-order chi connectivity index (χ0) is 35.6. The van der Waals surface area contributed by atoms with Gasteiger partial charge >= 0.3 is 0 Å². The first-order valence-corrected chi connectivity index (χ1v) is 18.0. The quantitative estimate of drug-likeness (QED) is 0.180. The Morgan fingerprint density at radius 3 is 1.76 bits per heavy atom. The monoisotopic (exact) mass is 691 g/mol. The third kappa shape index (κ3) is 4.98. The summed E-state index contributed by atoms with van der Waals surface area (Å²) in [6.07, 6.45) is 0. The fourth-order valence-electron chi connectivity index (χ4n) is 7.68. The summed E-state index contributed by atoms with van der Waals surface area (Å²) in [5.41, 5.74) is 10.1. The highest BCUT2D eigenvalue weighted by molar-refractivity contribution is 6.13. The molecule has 54 heavy (non-hydrogen) atoms. The lowest BCUT2D eigenvalue weighted by molar-refractivity contribution is 0.668. The first kappa shape index (κ1) is 30.3. The second-order valence-corrected chi connectivity index (χ2v) is 13.6. The van der Waals surface area contributed by atoms with E-state index in [1.165, 1.54) is 10.8 Å². The number of aromatic nitrogens is 3. The van der Waals surface area contributed by atoms with Crippen molar-refractivity contribution < 1.29 is 8.83 Å². The molecule has 11 aromatic rings. The SMILES string of the molecule is c1ccc(-c2cc(-c3nc(-c4ccc(-c5ccc6ccccc6c5)cc4)nc(-c4cccc5c4oc4ccccc45)n3)c3c(c2)oc2ccccc23)cc1. The molecular weight excluding hydrogens is 663 g/mol. The number of hydrogen-bond acceptors (Lipinski definition) is 5. The maximum Gasteiger partial charge on any atom is 0.167 e. The van der Waals surface area contributed by atoms with Crippen LogP contribution in [-0.2, 0) is 0 Å². The Hall–Kier alpha value is -7.37. The molecule has 0 radical (unpaired) electrons. The van der Waals surface area contributed by atoms with Crippen LogP contribution in [0.5, 0.6) is 0 Å². The van der Waals surface area contributed by atoms with E-state index in [0.29, 0.717) is 17.5 Å². The molecule has 252 valence electrons. The first-order valence-electron chi connectivity index (χ1n) is 18.0. The van der Waals surface area contributed by atoms with Crippen LogP contribution in [0.25, 0.3) is 111 Å². The van der Waals surface area contributed by atoms with Crippen molar-refractivity contribution in [2.45, 2.75) is 0 Å². The lowest BCUT2D eigenvalue weighted by Crippen LogP contribution is -2.01. The fraction of sp³-hybridized carbons (Fsp3) is 0. The number of benzene rings is 8. The van der Waals surface area contributed by atoms with E-state index < -0.39 is 0 Å². The van der Waals surface area contributed by atoms with Gasteiger partial charge in [0.05, 0.1) is 5.56 Å². The second-order valence-electron chi connectivity index (χ2n) is 13.6. The minimum atomic E-state index is 0.532. The van der Waals surface area contributed by atoms with Crippen LogP contribution in [0.15, 0.2) is 185 Å². The molecule has 0 saturated heterocycles. The maximum absolute atomic E-state index is 6.50. The molecule has 0 aliphatic carbocycles. The summed E-state index contributed by atoms with van der Waals surface area (Å²) < 4.78 is 13.0. The van der Waals surface area contributed by atoms with E-state index in [1.807, 2.05) is 66.7 Å². The molecule has 8 aromatic carbocycles. The van der Waals surface area contributed by atoms with Gasteiger partial charge in [-0.15, -0.1) is 0 Å². The van der Waals surface area contributed by atoms with Crippen molar-refractivity contribution in [3.05, 3.63) is 176 Å². The Morgan fingerprint density at radius 1 is 0.315 bits per heavy atom. The van der Waals surface area contributed by atoms with Gasteiger partial charge in [0.1, 0.15) is 22.3 Å². The van der Waals surface area contributed by atoms with Gasteiger partial charge in [-0.05, 0) is 69.4 Å². The highest BCUT2D eigenvalue weighted by Gasteiger charge is 2.21. The maximum atomic E-state index is 6.50. The Labute approximate surface area is 309 Å². The van der Waals surface area contributed by atoms with E-state index in [0.717, 1.165) is 82.8 Å². The first-order chi connectivity index (χ1) is 26.7. The van der Waals surface area contributed by atoms with Crippen LogP contribution >= 0.6 is 0 Å². The average Bonchev–Trinajstić information content (AvgIpc) is 3.82. The van der Waals surface area contributed by atoms with E-state index in [9.17, 15) is 0 Å². The van der Waals surface area contributed by atoms with Crippen LogP contribution in [0.4, 0.5) is 0 Å². The number of fused-ring (bicyclic) bond motifs is 7. The number of hydrogen-bond donors (Lipinski definition) is 0. The zero-order valence-corrected chi connectivity index (χ0v) is 28.9. The predicted molar refractivity (Wildman–Crippen MR) is 219 cm³/mol. The minimum absolute atomic E-state index is 0.532. The van der Waals surface area contributed by atoms with Crippen molar-refractivity contribution in [1.82, 2.24) is 15.0 Å². The number of furan rings is 2. The minimum Gasteiger partial charge on any atom is -0.456 e. The Kier molecular flexibility index (Phi) is 6.79. The topological polar surface area (TPSA) is 65.0 Å². The summed E-state index contributed by atoms with van der Waals surface area (Å²) in [6, 6.07) is 60.5. The van der Waals surface area contributed by atoms with Gasteiger partial charge in [-0.3, -0.25) is 0 Å². The molecule has 0 saturated carbocycles. The Balaban J connectivity index is 1.15. The van der Waals surface area contributed by atoms with Crippen LogP contribution in [0, 0.1) is 0 Å².